The molecule has 0 unspecified atom stereocenters. The minimum Gasteiger partial charge on any atom is -0.296 e. The highest BCUT2D eigenvalue weighted by molar-refractivity contribution is 7.15. The molecule has 0 aromatic carbocycles. The van der Waals surface area contributed by atoms with Crippen LogP contribution in [-0.4, -0.2) is 21.1 Å². The van der Waals surface area contributed by atoms with Crippen LogP contribution in [0.15, 0.2) is 18.3 Å². The lowest BCUT2D eigenvalue weighted by Gasteiger charge is -2.55. The molecule has 4 fully saturated rings. The fourth-order valence-corrected chi connectivity index (χ4v) is 6.70. The number of pyridine rings is 1. The van der Waals surface area contributed by atoms with Gasteiger partial charge in [0.25, 0.3) is 5.91 Å². The summed E-state index contributed by atoms with van der Waals surface area (Å²) in [6.45, 7) is 0. The largest absolute Gasteiger partial charge is 0.296 e. The van der Waals surface area contributed by atoms with E-state index >= 15 is 0 Å². The van der Waals surface area contributed by atoms with Crippen molar-refractivity contribution in [1.29, 1.82) is 0 Å². The van der Waals surface area contributed by atoms with Crippen molar-refractivity contribution in [3.05, 3.63) is 34.1 Å². The Morgan fingerprint density at radius 1 is 1.16 bits per heavy atom. The van der Waals surface area contributed by atoms with Gasteiger partial charge in [-0.05, 0) is 68.4 Å². The molecule has 2 heterocycles. The molecule has 4 aliphatic carbocycles. The summed E-state index contributed by atoms with van der Waals surface area (Å²) in [6.07, 6.45) is 9.50. The van der Waals surface area contributed by atoms with E-state index in [0.29, 0.717) is 15.8 Å². The van der Waals surface area contributed by atoms with Crippen LogP contribution in [0.3, 0.4) is 0 Å². The molecule has 7 heteroatoms. The molecule has 5 nitrogen and oxygen atoms in total. The van der Waals surface area contributed by atoms with E-state index in [1.807, 2.05) is 0 Å². The Kier molecular flexibility index (Phi) is 3.61. The van der Waals surface area contributed by atoms with E-state index in [9.17, 15) is 4.79 Å². The second-order valence-corrected chi connectivity index (χ2v) is 9.30. The summed E-state index contributed by atoms with van der Waals surface area (Å²) in [5.74, 6) is 2.38. The summed E-state index contributed by atoms with van der Waals surface area (Å²) in [7, 11) is 0. The first-order chi connectivity index (χ1) is 12.1. The van der Waals surface area contributed by atoms with E-state index in [-0.39, 0.29) is 11.3 Å². The van der Waals surface area contributed by atoms with E-state index < -0.39 is 0 Å². The van der Waals surface area contributed by atoms with Crippen LogP contribution in [-0.2, 0) is 5.41 Å². The van der Waals surface area contributed by atoms with Crippen molar-refractivity contribution < 1.29 is 4.79 Å². The Bertz CT molecular complexity index is 801. The predicted octanol–water partition coefficient (Wildman–Crippen LogP) is 4.31. The van der Waals surface area contributed by atoms with Crippen molar-refractivity contribution in [2.75, 3.05) is 5.32 Å². The van der Waals surface area contributed by atoms with Crippen LogP contribution in [0.2, 0.25) is 5.15 Å². The van der Waals surface area contributed by atoms with Crippen molar-refractivity contribution in [2.24, 2.45) is 17.8 Å². The van der Waals surface area contributed by atoms with Crippen LogP contribution in [0, 0.1) is 17.8 Å². The Morgan fingerprint density at radius 2 is 1.84 bits per heavy atom. The fraction of sp³-hybridized carbons (Fsp3) is 0.556. The minimum atomic E-state index is -0.225. The Balaban J connectivity index is 1.36. The number of aromatic nitrogens is 3. The number of anilines is 1. The lowest BCUT2D eigenvalue weighted by Crippen LogP contribution is -2.48. The van der Waals surface area contributed by atoms with E-state index in [0.717, 1.165) is 22.8 Å². The Labute approximate surface area is 155 Å². The molecule has 0 atom stereocenters. The summed E-state index contributed by atoms with van der Waals surface area (Å²) in [6, 6.07) is 3.19. The van der Waals surface area contributed by atoms with Crippen molar-refractivity contribution >= 4 is 34.0 Å². The normalized spacial score (nSPS) is 32.8. The number of nitrogens with one attached hydrogen (secondary N) is 1. The molecule has 0 saturated heterocycles. The van der Waals surface area contributed by atoms with Gasteiger partial charge in [0.1, 0.15) is 10.2 Å². The van der Waals surface area contributed by atoms with Crippen molar-refractivity contribution in [1.82, 2.24) is 15.2 Å². The number of carbonyl (C=O) groups is 1. The number of rotatable bonds is 3. The molecule has 0 radical (unpaired) electrons. The van der Waals surface area contributed by atoms with Crippen molar-refractivity contribution in [2.45, 2.75) is 43.9 Å². The number of nitrogens with zero attached hydrogens (tertiary/aromatic N) is 3. The topological polar surface area (TPSA) is 67.8 Å². The quantitative estimate of drug-likeness (QED) is 0.813. The van der Waals surface area contributed by atoms with Gasteiger partial charge in [-0.1, -0.05) is 22.9 Å². The maximum absolute atomic E-state index is 12.4. The van der Waals surface area contributed by atoms with Gasteiger partial charge >= 0.3 is 0 Å². The summed E-state index contributed by atoms with van der Waals surface area (Å²) >= 11 is 7.40. The van der Waals surface area contributed by atoms with Gasteiger partial charge in [0.05, 0.1) is 0 Å². The number of hydrogen-bond acceptors (Lipinski definition) is 5. The van der Waals surface area contributed by atoms with Gasteiger partial charge in [0, 0.05) is 17.2 Å². The number of halogens is 1. The summed E-state index contributed by atoms with van der Waals surface area (Å²) in [4.78, 5) is 16.3. The third-order valence-electron chi connectivity index (χ3n) is 6.13. The molecule has 2 aromatic rings. The van der Waals surface area contributed by atoms with Gasteiger partial charge in [0.15, 0.2) is 0 Å². The van der Waals surface area contributed by atoms with Gasteiger partial charge < -0.3 is 0 Å². The highest BCUT2D eigenvalue weighted by Gasteiger charge is 2.53. The zero-order valence-electron chi connectivity index (χ0n) is 13.7. The molecule has 0 spiro atoms. The van der Waals surface area contributed by atoms with E-state index in [2.05, 4.69) is 20.5 Å². The smallest absolute Gasteiger partial charge is 0.257 e. The van der Waals surface area contributed by atoms with Gasteiger partial charge in [-0.25, -0.2) is 4.98 Å². The van der Waals surface area contributed by atoms with E-state index in [1.165, 1.54) is 44.7 Å². The van der Waals surface area contributed by atoms with E-state index in [4.69, 9.17) is 11.6 Å². The third kappa shape index (κ3) is 2.75. The number of hydrogen-bond donors (Lipinski definition) is 1. The molecule has 1 N–H and O–H groups in total. The average molecular weight is 375 g/mol. The average Bonchev–Trinajstić information content (AvgIpc) is 3.03. The van der Waals surface area contributed by atoms with Crippen LogP contribution in [0.25, 0.3) is 0 Å². The van der Waals surface area contributed by atoms with Gasteiger partial charge in [-0.2, -0.15) is 0 Å². The number of amides is 1. The monoisotopic (exact) mass is 374 g/mol. The van der Waals surface area contributed by atoms with Crippen molar-refractivity contribution in [3.8, 4) is 0 Å². The van der Waals surface area contributed by atoms with E-state index in [1.54, 1.807) is 23.5 Å². The molecule has 4 bridgehead atoms. The zero-order valence-corrected chi connectivity index (χ0v) is 15.3. The minimum absolute atomic E-state index is 0.218. The maximum atomic E-state index is 12.4. The van der Waals surface area contributed by atoms with Crippen LogP contribution < -0.4 is 5.32 Å². The first kappa shape index (κ1) is 15.7. The van der Waals surface area contributed by atoms with Crippen LogP contribution in [0.5, 0.6) is 0 Å². The molecule has 2 aromatic heterocycles. The lowest BCUT2D eigenvalue weighted by atomic mass is 9.50. The lowest BCUT2D eigenvalue weighted by molar-refractivity contribution is -0.00555. The molecule has 1 amide bonds. The van der Waals surface area contributed by atoms with Crippen LogP contribution >= 0.6 is 22.9 Å². The third-order valence-corrected chi connectivity index (χ3v) is 7.42. The van der Waals surface area contributed by atoms with Crippen molar-refractivity contribution in [3.63, 3.8) is 0 Å². The Morgan fingerprint density at radius 3 is 2.48 bits per heavy atom. The zero-order chi connectivity index (χ0) is 17.0. The summed E-state index contributed by atoms with van der Waals surface area (Å²) in [5.41, 5.74) is 0.696. The molecular formula is C18H19ClN4OS. The SMILES string of the molecule is O=C(Nc1nnc(C23CC4CC(CC(C4)C2)C3)s1)c1ccnc(Cl)c1. The van der Waals surface area contributed by atoms with Gasteiger partial charge in [0.2, 0.25) is 5.13 Å². The second kappa shape index (κ2) is 5.74. The maximum Gasteiger partial charge on any atom is 0.257 e. The van der Waals surface area contributed by atoms with Gasteiger partial charge in [-0.15, -0.1) is 10.2 Å². The molecular weight excluding hydrogens is 356 g/mol. The Hall–Kier alpha value is -1.53. The molecule has 4 saturated carbocycles. The highest BCUT2D eigenvalue weighted by atomic mass is 35.5. The molecule has 25 heavy (non-hydrogen) atoms. The molecule has 4 aliphatic rings. The summed E-state index contributed by atoms with van der Waals surface area (Å²) < 4.78 is 0. The first-order valence-corrected chi connectivity index (χ1v) is 10.1. The predicted molar refractivity (Wildman–Crippen MR) is 97.0 cm³/mol. The highest BCUT2D eigenvalue weighted by Crippen LogP contribution is 2.61. The molecule has 0 aliphatic heterocycles. The second-order valence-electron chi connectivity index (χ2n) is 7.93. The standard InChI is InChI=1S/C18H19ClN4OS/c19-14-6-13(1-2-20-14)15(24)21-17-23-22-16(25-17)18-7-10-3-11(8-18)5-12(4-10)9-18/h1-2,6,10-12H,3-5,7-9H2,(H,21,23,24). The number of carbonyl (C=O) groups excluding carboxylic acids is 1. The fourth-order valence-electron chi connectivity index (χ4n) is 5.57. The summed E-state index contributed by atoms with van der Waals surface area (Å²) in [5, 5.41) is 13.6. The van der Waals surface area contributed by atoms with Crippen LogP contribution in [0.4, 0.5) is 5.13 Å². The van der Waals surface area contributed by atoms with Crippen LogP contribution in [0.1, 0.15) is 53.9 Å². The first-order valence-electron chi connectivity index (χ1n) is 8.86. The molecule has 130 valence electrons. The van der Waals surface area contributed by atoms with Gasteiger partial charge in [-0.3, -0.25) is 10.1 Å². The molecule has 6 rings (SSSR count).